The van der Waals surface area contributed by atoms with Crippen molar-refractivity contribution in [3.63, 3.8) is 0 Å². The molecule has 0 fully saturated rings. The van der Waals surface area contributed by atoms with Gasteiger partial charge in [0.2, 0.25) is 5.88 Å². The molecule has 92 valence electrons. The van der Waals surface area contributed by atoms with E-state index >= 15 is 0 Å². The zero-order valence-electron chi connectivity index (χ0n) is 10.8. The first-order valence-electron chi connectivity index (χ1n) is 5.52. The van der Waals surface area contributed by atoms with Gasteiger partial charge in [0.1, 0.15) is 6.33 Å². The van der Waals surface area contributed by atoms with Gasteiger partial charge in [0.05, 0.1) is 7.11 Å². The van der Waals surface area contributed by atoms with Crippen LogP contribution in [0.5, 0.6) is 5.88 Å². The second kappa shape index (κ2) is 5.43. The molecule has 0 radical (unpaired) electrons. The minimum Gasteiger partial charge on any atom is -0.481 e. The standard InChI is InChI=1S/C10H11N3O2.C2H6/c1-6-4-13-5-11-8(7(2)14)9(13)12-10(6)15-3;1-2/h4-5H,1-3H3;1-2H3. The Bertz CT molecular complexity index is 532. The fourth-order valence-corrected chi connectivity index (χ4v) is 1.46. The molecule has 0 aliphatic rings. The molecule has 0 unspecified atom stereocenters. The summed E-state index contributed by atoms with van der Waals surface area (Å²) in [6, 6.07) is 0. The van der Waals surface area contributed by atoms with Crippen molar-refractivity contribution in [2.75, 3.05) is 7.11 Å². The molecule has 0 saturated carbocycles. The van der Waals surface area contributed by atoms with Gasteiger partial charge in [0.15, 0.2) is 17.1 Å². The molecule has 17 heavy (non-hydrogen) atoms. The number of fused-ring (bicyclic) bond motifs is 1. The molecule has 5 heteroatoms. The second-order valence-corrected chi connectivity index (χ2v) is 3.31. The van der Waals surface area contributed by atoms with Crippen molar-refractivity contribution in [2.45, 2.75) is 27.7 Å². The number of ether oxygens (including phenoxy) is 1. The Kier molecular flexibility index (Phi) is 4.20. The van der Waals surface area contributed by atoms with E-state index < -0.39 is 0 Å². The van der Waals surface area contributed by atoms with Gasteiger partial charge >= 0.3 is 0 Å². The maximum absolute atomic E-state index is 11.2. The van der Waals surface area contributed by atoms with Crippen LogP contribution in [-0.2, 0) is 0 Å². The predicted octanol–water partition coefficient (Wildman–Crippen LogP) is 2.28. The molecule has 0 amide bonds. The molecule has 2 rings (SSSR count). The quantitative estimate of drug-likeness (QED) is 0.749. The van der Waals surface area contributed by atoms with E-state index in [0.29, 0.717) is 17.2 Å². The largest absolute Gasteiger partial charge is 0.481 e. The van der Waals surface area contributed by atoms with Gasteiger partial charge in [-0.1, -0.05) is 13.8 Å². The molecule has 0 spiro atoms. The van der Waals surface area contributed by atoms with E-state index in [2.05, 4.69) is 9.97 Å². The van der Waals surface area contributed by atoms with Crippen LogP contribution < -0.4 is 4.74 Å². The van der Waals surface area contributed by atoms with Crippen LogP contribution in [0.25, 0.3) is 5.65 Å². The Morgan fingerprint density at radius 2 is 2.06 bits per heavy atom. The number of methoxy groups -OCH3 is 1. The lowest BCUT2D eigenvalue weighted by atomic mass is 10.3. The van der Waals surface area contributed by atoms with E-state index in [1.54, 1.807) is 17.8 Å². The van der Waals surface area contributed by atoms with Gasteiger partial charge in [-0.15, -0.1) is 0 Å². The Morgan fingerprint density at radius 3 is 2.59 bits per heavy atom. The molecule has 2 aromatic rings. The van der Waals surface area contributed by atoms with E-state index in [-0.39, 0.29) is 5.78 Å². The van der Waals surface area contributed by atoms with E-state index in [1.165, 1.54) is 6.92 Å². The molecule has 0 aromatic carbocycles. The number of nitrogens with zero attached hydrogens (tertiary/aromatic N) is 3. The van der Waals surface area contributed by atoms with Crippen LogP contribution in [0.4, 0.5) is 0 Å². The highest BCUT2D eigenvalue weighted by molar-refractivity contribution is 5.97. The minimum atomic E-state index is -0.101. The summed E-state index contributed by atoms with van der Waals surface area (Å²) in [4.78, 5) is 19.5. The third kappa shape index (κ3) is 2.43. The summed E-state index contributed by atoms with van der Waals surface area (Å²) in [5, 5.41) is 0. The van der Waals surface area contributed by atoms with Crippen molar-refractivity contribution in [3.05, 3.63) is 23.8 Å². The normalized spacial score (nSPS) is 9.71. The molecular formula is C12H17N3O2. The molecule has 2 heterocycles. The Hall–Kier alpha value is -1.91. The lowest BCUT2D eigenvalue weighted by Crippen LogP contribution is -1.99. The zero-order valence-corrected chi connectivity index (χ0v) is 10.8. The summed E-state index contributed by atoms with van der Waals surface area (Å²) in [5.41, 5.74) is 1.80. The topological polar surface area (TPSA) is 56.5 Å². The van der Waals surface area contributed by atoms with E-state index in [1.807, 2.05) is 27.0 Å². The Morgan fingerprint density at radius 1 is 1.41 bits per heavy atom. The predicted molar refractivity (Wildman–Crippen MR) is 65.6 cm³/mol. The first-order chi connectivity index (χ1) is 8.13. The van der Waals surface area contributed by atoms with Crippen LogP contribution in [0.3, 0.4) is 0 Å². The number of aromatic nitrogens is 3. The second-order valence-electron chi connectivity index (χ2n) is 3.31. The van der Waals surface area contributed by atoms with Crippen molar-refractivity contribution < 1.29 is 9.53 Å². The van der Waals surface area contributed by atoms with Gasteiger partial charge in [-0.2, -0.15) is 4.98 Å². The zero-order chi connectivity index (χ0) is 13.0. The lowest BCUT2D eigenvalue weighted by Gasteiger charge is -2.03. The van der Waals surface area contributed by atoms with Gasteiger partial charge in [0.25, 0.3) is 0 Å². The van der Waals surface area contributed by atoms with Crippen LogP contribution in [-0.4, -0.2) is 27.3 Å². The maximum atomic E-state index is 11.2. The first-order valence-corrected chi connectivity index (χ1v) is 5.52. The highest BCUT2D eigenvalue weighted by atomic mass is 16.5. The smallest absolute Gasteiger partial charge is 0.219 e. The van der Waals surface area contributed by atoms with Crippen LogP contribution in [0, 0.1) is 6.92 Å². The summed E-state index contributed by atoms with van der Waals surface area (Å²) in [6.45, 7) is 7.36. The molecule has 0 atom stereocenters. The number of rotatable bonds is 2. The fourth-order valence-electron chi connectivity index (χ4n) is 1.46. The minimum absolute atomic E-state index is 0.101. The summed E-state index contributed by atoms with van der Waals surface area (Å²) < 4.78 is 6.81. The highest BCUT2D eigenvalue weighted by Gasteiger charge is 2.12. The average molecular weight is 235 g/mol. The van der Waals surface area contributed by atoms with Crippen molar-refractivity contribution in [1.29, 1.82) is 0 Å². The number of imidazole rings is 1. The van der Waals surface area contributed by atoms with Crippen molar-refractivity contribution in [3.8, 4) is 5.88 Å². The van der Waals surface area contributed by atoms with Crippen molar-refractivity contribution in [2.24, 2.45) is 0 Å². The molecule has 0 saturated heterocycles. The number of hydrogen-bond donors (Lipinski definition) is 0. The van der Waals surface area contributed by atoms with Crippen molar-refractivity contribution in [1.82, 2.24) is 14.4 Å². The Balaban J connectivity index is 0.000000686. The maximum Gasteiger partial charge on any atom is 0.219 e. The molecule has 2 aromatic heterocycles. The van der Waals surface area contributed by atoms with Gasteiger partial charge in [-0.25, -0.2) is 4.98 Å². The third-order valence-electron chi connectivity index (χ3n) is 2.17. The molecule has 5 nitrogen and oxygen atoms in total. The Labute approximate surface area is 100 Å². The summed E-state index contributed by atoms with van der Waals surface area (Å²) in [7, 11) is 1.55. The highest BCUT2D eigenvalue weighted by Crippen LogP contribution is 2.17. The summed E-state index contributed by atoms with van der Waals surface area (Å²) in [5.74, 6) is 0.418. The molecule has 0 aliphatic heterocycles. The van der Waals surface area contributed by atoms with Gasteiger partial charge in [-0.05, 0) is 6.92 Å². The average Bonchev–Trinajstić information content (AvgIpc) is 2.73. The van der Waals surface area contributed by atoms with Gasteiger partial charge in [-0.3, -0.25) is 9.20 Å². The van der Waals surface area contributed by atoms with Gasteiger partial charge < -0.3 is 4.74 Å². The molecular weight excluding hydrogens is 218 g/mol. The van der Waals surface area contributed by atoms with Crippen LogP contribution in [0.2, 0.25) is 0 Å². The molecule has 0 bridgehead atoms. The number of hydrogen-bond acceptors (Lipinski definition) is 4. The van der Waals surface area contributed by atoms with E-state index in [4.69, 9.17) is 4.74 Å². The lowest BCUT2D eigenvalue weighted by molar-refractivity contribution is 0.101. The van der Waals surface area contributed by atoms with Crippen LogP contribution >= 0.6 is 0 Å². The third-order valence-corrected chi connectivity index (χ3v) is 2.17. The fraction of sp³-hybridized carbons (Fsp3) is 0.417. The molecule has 0 aliphatic carbocycles. The van der Waals surface area contributed by atoms with Crippen LogP contribution in [0.15, 0.2) is 12.5 Å². The van der Waals surface area contributed by atoms with Gasteiger partial charge in [0, 0.05) is 18.7 Å². The SMILES string of the molecule is CC.COc1nc2c(C(C)=O)ncn2cc1C. The van der Waals surface area contributed by atoms with Crippen LogP contribution in [0.1, 0.15) is 36.8 Å². The molecule has 0 N–H and O–H groups in total. The number of carbonyl (C=O) groups is 1. The van der Waals surface area contributed by atoms with E-state index in [0.717, 1.165) is 5.56 Å². The monoisotopic (exact) mass is 235 g/mol. The number of carbonyl (C=O) groups excluding carboxylic acids is 1. The number of aryl methyl sites for hydroxylation is 1. The van der Waals surface area contributed by atoms with E-state index in [9.17, 15) is 4.79 Å². The van der Waals surface area contributed by atoms with Crippen molar-refractivity contribution >= 4 is 11.4 Å². The number of ketones is 1. The summed E-state index contributed by atoms with van der Waals surface area (Å²) in [6.07, 6.45) is 3.41. The summed E-state index contributed by atoms with van der Waals surface area (Å²) >= 11 is 0. The first kappa shape index (κ1) is 13.2. The number of Topliss-reactive ketones (excluding diaryl/α,β-unsaturated/α-hetero) is 1.